The number of hydrogen-bond donors (Lipinski definition) is 0. The van der Waals surface area contributed by atoms with Gasteiger partial charge in [0, 0.05) is 18.0 Å². The summed E-state index contributed by atoms with van der Waals surface area (Å²) in [7, 11) is 0. The van der Waals surface area contributed by atoms with E-state index in [1.54, 1.807) is 11.3 Å². The molecule has 4 nitrogen and oxygen atoms in total. The molecule has 0 saturated carbocycles. The lowest BCUT2D eigenvalue weighted by molar-refractivity contribution is 0.288. The molecule has 0 fully saturated rings. The van der Waals surface area contributed by atoms with Gasteiger partial charge in [-0.25, -0.2) is 4.98 Å². The summed E-state index contributed by atoms with van der Waals surface area (Å²) in [6.45, 7) is 12.0. The van der Waals surface area contributed by atoms with Crippen molar-refractivity contribution in [3.63, 3.8) is 0 Å². The second-order valence-corrected chi connectivity index (χ2v) is 6.04. The average molecular weight is 293 g/mol. The van der Waals surface area contributed by atoms with E-state index in [2.05, 4.69) is 30.7 Å². The molecule has 0 atom stereocenters. The Bertz CT molecular complexity index is 640. The molecule has 0 aliphatic rings. The first kappa shape index (κ1) is 15.2. The Kier molecular flexibility index (Phi) is 4.94. The molecular formula is C15H23N3OS. The van der Waals surface area contributed by atoms with Gasteiger partial charge in [-0.1, -0.05) is 20.8 Å². The minimum Gasteiger partial charge on any atom is -0.302 e. The molecule has 0 amide bonds. The molecule has 0 aliphatic heterocycles. The van der Waals surface area contributed by atoms with E-state index in [-0.39, 0.29) is 5.56 Å². The Balaban J connectivity index is 2.35. The third kappa shape index (κ3) is 2.94. The molecule has 2 aromatic rings. The van der Waals surface area contributed by atoms with E-state index in [9.17, 15) is 4.79 Å². The van der Waals surface area contributed by atoms with Crippen molar-refractivity contribution in [3.05, 3.63) is 27.1 Å². The second-order valence-electron chi connectivity index (χ2n) is 4.93. The second kappa shape index (κ2) is 6.50. The highest BCUT2D eigenvalue weighted by molar-refractivity contribution is 7.18. The molecule has 0 radical (unpaired) electrons. The Labute approximate surface area is 124 Å². The molecule has 0 aromatic carbocycles. The SMILES string of the molecule is CCc1cc2c(=O)n(CCN(CC)CC)c(C)nc2s1. The first-order valence-corrected chi connectivity index (χ1v) is 8.14. The minimum atomic E-state index is 0.107. The fourth-order valence-corrected chi connectivity index (χ4v) is 3.39. The standard InChI is InChI=1S/C15H23N3OS/c1-5-12-10-13-14(20-12)16-11(4)18(15(13)19)9-8-17(6-2)7-3/h10H,5-9H2,1-4H3. The van der Waals surface area contributed by atoms with Crippen LogP contribution in [0.1, 0.15) is 31.5 Å². The normalized spacial score (nSPS) is 11.7. The highest BCUT2D eigenvalue weighted by Gasteiger charge is 2.11. The summed E-state index contributed by atoms with van der Waals surface area (Å²) >= 11 is 1.63. The Morgan fingerprint density at radius 1 is 1.30 bits per heavy atom. The van der Waals surface area contributed by atoms with Crippen LogP contribution in [0.5, 0.6) is 0 Å². The summed E-state index contributed by atoms with van der Waals surface area (Å²) in [6, 6.07) is 2.00. The number of aryl methyl sites for hydroxylation is 2. The van der Waals surface area contributed by atoms with Gasteiger partial charge in [-0.3, -0.25) is 9.36 Å². The van der Waals surface area contributed by atoms with Crippen molar-refractivity contribution in [2.45, 2.75) is 40.7 Å². The highest BCUT2D eigenvalue weighted by Crippen LogP contribution is 2.21. The number of thiophene rings is 1. The molecule has 110 valence electrons. The summed E-state index contributed by atoms with van der Waals surface area (Å²) < 4.78 is 1.81. The molecule has 5 heteroatoms. The van der Waals surface area contributed by atoms with Gasteiger partial charge in [-0.15, -0.1) is 11.3 Å². The van der Waals surface area contributed by atoms with Crippen molar-refractivity contribution in [2.24, 2.45) is 0 Å². The Morgan fingerprint density at radius 3 is 2.60 bits per heavy atom. The smallest absolute Gasteiger partial charge is 0.262 e. The molecule has 0 unspecified atom stereocenters. The zero-order valence-corrected chi connectivity index (χ0v) is 13.6. The van der Waals surface area contributed by atoms with E-state index in [1.165, 1.54) is 4.88 Å². The first-order valence-electron chi connectivity index (χ1n) is 7.32. The maximum atomic E-state index is 12.6. The molecule has 20 heavy (non-hydrogen) atoms. The van der Waals surface area contributed by atoms with Crippen LogP contribution in [-0.2, 0) is 13.0 Å². The van der Waals surface area contributed by atoms with E-state index in [0.29, 0.717) is 6.54 Å². The van der Waals surface area contributed by atoms with Crippen LogP contribution in [0.25, 0.3) is 10.2 Å². The first-order chi connectivity index (χ1) is 9.60. The summed E-state index contributed by atoms with van der Waals surface area (Å²) in [5.41, 5.74) is 0.107. The number of aromatic nitrogens is 2. The molecule has 2 aromatic heterocycles. The lowest BCUT2D eigenvalue weighted by Crippen LogP contribution is -2.32. The van der Waals surface area contributed by atoms with E-state index in [4.69, 9.17) is 0 Å². The van der Waals surface area contributed by atoms with Crippen LogP contribution >= 0.6 is 11.3 Å². The molecule has 0 aliphatic carbocycles. The third-order valence-electron chi connectivity index (χ3n) is 3.78. The van der Waals surface area contributed by atoms with Gasteiger partial charge < -0.3 is 4.90 Å². The maximum absolute atomic E-state index is 12.6. The van der Waals surface area contributed by atoms with Crippen molar-refractivity contribution in [2.75, 3.05) is 19.6 Å². The monoisotopic (exact) mass is 293 g/mol. The van der Waals surface area contributed by atoms with Crippen LogP contribution in [0.4, 0.5) is 0 Å². The summed E-state index contributed by atoms with van der Waals surface area (Å²) in [5, 5.41) is 0.775. The number of fused-ring (bicyclic) bond motifs is 1. The van der Waals surface area contributed by atoms with Crippen LogP contribution in [-0.4, -0.2) is 34.1 Å². The number of rotatable bonds is 6. The van der Waals surface area contributed by atoms with Crippen molar-refractivity contribution in [1.29, 1.82) is 0 Å². The lowest BCUT2D eigenvalue weighted by atomic mass is 10.3. The molecular weight excluding hydrogens is 270 g/mol. The number of likely N-dealkylation sites (N-methyl/N-ethyl adjacent to an activating group) is 1. The van der Waals surface area contributed by atoms with Crippen LogP contribution < -0.4 is 5.56 Å². The summed E-state index contributed by atoms with van der Waals surface area (Å²) in [4.78, 5) is 21.6. The molecule has 0 saturated heterocycles. The summed E-state index contributed by atoms with van der Waals surface area (Å²) in [5.74, 6) is 0.819. The van der Waals surface area contributed by atoms with Gasteiger partial charge in [0.1, 0.15) is 10.7 Å². The fourth-order valence-electron chi connectivity index (χ4n) is 2.39. The van der Waals surface area contributed by atoms with Gasteiger partial charge in [0.15, 0.2) is 0 Å². The van der Waals surface area contributed by atoms with Gasteiger partial charge >= 0.3 is 0 Å². The van der Waals surface area contributed by atoms with Crippen LogP contribution in [0.2, 0.25) is 0 Å². The van der Waals surface area contributed by atoms with Crippen molar-refractivity contribution >= 4 is 21.6 Å². The van der Waals surface area contributed by atoms with Gasteiger partial charge in [0.05, 0.1) is 5.39 Å². The maximum Gasteiger partial charge on any atom is 0.262 e. The van der Waals surface area contributed by atoms with Crippen LogP contribution in [0, 0.1) is 6.92 Å². The molecule has 0 bridgehead atoms. The number of hydrogen-bond acceptors (Lipinski definition) is 4. The molecule has 0 N–H and O–H groups in total. The zero-order valence-electron chi connectivity index (χ0n) is 12.8. The predicted octanol–water partition coefficient (Wildman–Crippen LogP) is 2.67. The quantitative estimate of drug-likeness (QED) is 0.822. The van der Waals surface area contributed by atoms with E-state index in [1.807, 2.05) is 17.6 Å². The molecule has 2 rings (SSSR count). The van der Waals surface area contributed by atoms with Gasteiger partial charge in [0.2, 0.25) is 0 Å². The van der Waals surface area contributed by atoms with E-state index < -0.39 is 0 Å². The molecule has 2 heterocycles. The van der Waals surface area contributed by atoms with E-state index in [0.717, 1.165) is 42.1 Å². The lowest BCUT2D eigenvalue weighted by Gasteiger charge is -2.19. The van der Waals surface area contributed by atoms with Crippen molar-refractivity contribution in [1.82, 2.24) is 14.5 Å². The fraction of sp³-hybridized carbons (Fsp3) is 0.600. The van der Waals surface area contributed by atoms with Crippen LogP contribution in [0.15, 0.2) is 10.9 Å². The average Bonchev–Trinajstić information content (AvgIpc) is 2.86. The third-order valence-corrected chi connectivity index (χ3v) is 4.95. The van der Waals surface area contributed by atoms with Gasteiger partial charge in [-0.2, -0.15) is 0 Å². The molecule has 0 spiro atoms. The van der Waals surface area contributed by atoms with Crippen molar-refractivity contribution < 1.29 is 0 Å². The largest absolute Gasteiger partial charge is 0.302 e. The van der Waals surface area contributed by atoms with Gasteiger partial charge in [-0.05, 0) is 32.5 Å². The predicted molar refractivity (Wildman–Crippen MR) is 85.8 cm³/mol. The van der Waals surface area contributed by atoms with Gasteiger partial charge in [0.25, 0.3) is 5.56 Å². The Hall–Kier alpha value is -1.20. The zero-order chi connectivity index (χ0) is 14.7. The number of nitrogens with zero attached hydrogens (tertiary/aromatic N) is 3. The van der Waals surface area contributed by atoms with Crippen LogP contribution in [0.3, 0.4) is 0 Å². The minimum absolute atomic E-state index is 0.107. The summed E-state index contributed by atoms with van der Waals surface area (Å²) in [6.07, 6.45) is 0.957. The highest BCUT2D eigenvalue weighted by atomic mass is 32.1. The Morgan fingerprint density at radius 2 is 2.00 bits per heavy atom. The van der Waals surface area contributed by atoms with Crippen molar-refractivity contribution in [3.8, 4) is 0 Å². The van der Waals surface area contributed by atoms with E-state index >= 15 is 0 Å². The topological polar surface area (TPSA) is 38.1 Å².